The minimum atomic E-state index is -0.175. The molecule has 2 aromatic carbocycles. The highest BCUT2D eigenvalue weighted by atomic mass is 19.1. The van der Waals surface area contributed by atoms with Crippen molar-refractivity contribution in [1.29, 1.82) is 0 Å². The van der Waals surface area contributed by atoms with Crippen molar-refractivity contribution in [1.82, 2.24) is 15.3 Å². The van der Waals surface area contributed by atoms with E-state index in [0.29, 0.717) is 12.1 Å². The molecule has 2 N–H and O–H groups in total. The fraction of sp³-hybridized carbons (Fsp3) is 0.235. The first kappa shape index (κ1) is 14.5. The molecule has 1 aromatic heterocycles. The van der Waals surface area contributed by atoms with Gasteiger partial charge >= 0.3 is 0 Å². The second-order valence-corrected chi connectivity index (χ2v) is 5.08. The Labute approximate surface area is 128 Å². The highest BCUT2D eigenvalue weighted by molar-refractivity contribution is 5.76. The second-order valence-electron chi connectivity index (χ2n) is 5.08. The summed E-state index contributed by atoms with van der Waals surface area (Å²) >= 11 is 0. The van der Waals surface area contributed by atoms with E-state index < -0.39 is 0 Å². The number of hydrogen-bond acceptors (Lipinski definition) is 3. The number of aromatic amines is 1. The summed E-state index contributed by atoms with van der Waals surface area (Å²) in [7, 11) is 1.64. The third-order valence-corrected chi connectivity index (χ3v) is 3.55. The number of methoxy groups -OCH3 is 1. The zero-order chi connectivity index (χ0) is 15.4. The Morgan fingerprint density at radius 2 is 2.09 bits per heavy atom. The summed E-state index contributed by atoms with van der Waals surface area (Å²) in [5.74, 6) is 1.54. The molecule has 0 radical (unpaired) electrons. The molecule has 0 amide bonds. The van der Waals surface area contributed by atoms with Gasteiger partial charge in [-0.3, -0.25) is 0 Å². The molecule has 1 heterocycles. The normalized spacial score (nSPS) is 11.0. The standard InChI is InChI=1S/C17H18FN3O/c1-22-13-6-7-15-16(10-13)21-17(20-15)8-9-19-11-12-4-2-3-5-14(12)18/h2-7,10,19H,8-9,11H2,1H3,(H,20,21). The van der Waals surface area contributed by atoms with E-state index in [4.69, 9.17) is 4.74 Å². The number of benzene rings is 2. The van der Waals surface area contributed by atoms with Crippen LogP contribution in [0.1, 0.15) is 11.4 Å². The Morgan fingerprint density at radius 3 is 2.91 bits per heavy atom. The molecule has 3 rings (SSSR count). The van der Waals surface area contributed by atoms with E-state index in [0.717, 1.165) is 35.6 Å². The third-order valence-electron chi connectivity index (χ3n) is 3.55. The van der Waals surface area contributed by atoms with Gasteiger partial charge in [0, 0.05) is 31.1 Å². The number of aromatic nitrogens is 2. The molecule has 0 aliphatic carbocycles. The van der Waals surface area contributed by atoms with Gasteiger partial charge in [0.05, 0.1) is 18.1 Å². The quantitative estimate of drug-likeness (QED) is 0.688. The second kappa shape index (κ2) is 6.58. The van der Waals surface area contributed by atoms with Crippen molar-refractivity contribution < 1.29 is 9.13 Å². The summed E-state index contributed by atoms with van der Waals surface area (Å²) in [6.07, 6.45) is 0.755. The maximum atomic E-state index is 13.5. The fourth-order valence-corrected chi connectivity index (χ4v) is 2.36. The fourth-order valence-electron chi connectivity index (χ4n) is 2.36. The van der Waals surface area contributed by atoms with Crippen LogP contribution in [0.3, 0.4) is 0 Å². The van der Waals surface area contributed by atoms with Gasteiger partial charge < -0.3 is 15.0 Å². The van der Waals surface area contributed by atoms with Crippen molar-refractivity contribution in [2.45, 2.75) is 13.0 Å². The van der Waals surface area contributed by atoms with Crippen LogP contribution in [0.15, 0.2) is 42.5 Å². The molecule has 114 valence electrons. The molecule has 0 saturated heterocycles. The Hall–Kier alpha value is -2.40. The molecule has 3 aromatic rings. The highest BCUT2D eigenvalue weighted by Crippen LogP contribution is 2.18. The lowest BCUT2D eigenvalue weighted by Crippen LogP contribution is -2.17. The van der Waals surface area contributed by atoms with Crippen LogP contribution in [-0.4, -0.2) is 23.6 Å². The van der Waals surface area contributed by atoms with Gasteiger partial charge in [0.25, 0.3) is 0 Å². The lowest BCUT2D eigenvalue weighted by molar-refractivity contribution is 0.415. The molecule has 22 heavy (non-hydrogen) atoms. The summed E-state index contributed by atoms with van der Waals surface area (Å²) < 4.78 is 18.7. The van der Waals surface area contributed by atoms with Crippen molar-refractivity contribution in [3.8, 4) is 5.75 Å². The molecule has 0 fully saturated rings. The number of imidazole rings is 1. The zero-order valence-electron chi connectivity index (χ0n) is 12.4. The van der Waals surface area contributed by atoms with Gasteiger partial charge in [-0.25, -0.2) is 9.37 Å². The smallest absolute Gasteiger partial charge is 0.127 e. The first-order chi connectivity index (χ1) is 10.8. The van der Waals surface area contributed by atoms with Gasteiger partial charge in [0.15, 0.2) is 0 Å². The summed E-state index contributed by atoms with van der Waals surface area (Å²) in [5, 5.41) is 3.23. The van der Waals surface area contributed by atoms with Gasteiger partial charge in [-0.15, -0.1) is 0 Å². The van der Waals surface area contributed by atoms with Crippen molar-refractivity contribution >= 4 is 11.0 Å². The van der Waals surface area contributed by atoms with Crippen LogP contribution in [0.25, 0.3) is 11.0 Å². The lowest BCUT2D eigenvalue weighted by atomic mass is 10.2. The lowest BCUT2D eigenvalue weighted by Gasteiger charge is -2.04. The molecule has 0 aliphatic rings. The monoisotopic (exact) mass is 299 g/mol. The molecule has 0 bridgehead atoms. The first-order valence-electron chi connectivity index (χ1n) is 7.23. The molecule has 0 aliphatic heterocycles. The average molecular weight is 299 g/mol. The van der Waals surface area contributed by atoms with Crippen molar-refractivity contribution in [2.24, 2.45) is 0 Å². The number of nitrogens with one attached hydrogen (secondary N) is 2. The van der Waals surface area contributed by atoms with Crippen LogP contribution in [0.2, 0.25) is 0 Å². The number of hydrogen-bond donors (Lipinski definition) is 2. The minimum Gasteiger partial charge on any atom is -0.497 e. The average Bonchev–Trinajstić information content (AvgIpc) is 2.94. The van der Waals surface area contributed by atoms with Crippen LogP contribution in [0, 0.1) is 5.82 Å². The van der Waals surface area contributed by atoms with Gasteiger partial charge in [0.1, 0.15) is 17.4 Å². The number of rotatable bonds is 6. The molecular weight excluding hydrogens is 281 g/mol. The Kier molecular flexibility index (Phi) is 4.34. The van der Waals surface area contributed by atoms with Crippen LogP contribution in [0.4, 0.5) is 4.39 Å². The van der Waals surface area contributed by atoms with Gasteiger partial charge in [-0.2, -0.15) is 0 Å². The van der Waals surface area contributed by atoms with Gasteiger partial charge in [-0.1, -0.05) is 18.2 Å². The number of fused-ring (bicyclic) bond motifs is 1. The molecular formula is C17H18FN3O. The Bertz CT molecular complexity index is 769. The van der Waals surface area contributed by atoms with E-state index in [1.165, 1.54) is 6.07 Å². The molecule has 0 saturated carbocycles. The van der Waals surface area contributed by atoms with E-state index in [1.54, 1.807) is 19.2 Å². The van der Waals surface area contributed by atoms with Gasteiger partial charge in [-0.05, 0) is 18.2 Å². The number of nitrogens with zero attached hydrogens (tertiary/aromatic N) is 1. The zero-order valence-corrected chi connectivity index (χ0v) is 12.4. The predicted molar refractivity (Wildman–Crippen MR) is 84.5 cm³/mol. The summed E-state index contributed by atoms with van der Waals surface area (Å²) in [6, 6.07) is 12.6. The summed E-state index contributed by atoms with van der Waals surface area (Å²) in [6.45, 7) is 1.24. The Morgan fingerprint density at radius 1 is 1.23 bits per heavy atom. The summed E-state index contributed by atoms with van der Waals surface area (Å²) in [5.41, 5.74) is 2.56. The third kappa shape index (κ3) is 3.26. The van der Waals surface area contributed by atoms with Crippen LogP contribution >= 0.6 is 0 Å². The first-order valence-corrected chi connectivity index (χ1v) is 7.23. The minimum absolute atomic E-state index is 0.175. The SMILES string of the molecule is COc1ccc2nc(CCNCc3ccccc3F)[nH]c2c1. The molecule has 0 atom stereocenters. The van der Waals surface area contributed by atoms with Crippen LogP contribution in [-0.2, 0) is 13.0 Å². The van der Waals surface area contributed by atoms with Crippen molar-refractivity contribution in [2.75, 3.05) is 13.7 Å². The molecule has 0 spiro atoms. The van der Waals surface area contributed by atoms with E-state index >= 15 is 0 Å². The van der Waals surface area contributed by atoms with E-state index in [2.05, 4.69) is 15.3 Å². The largest absolute Gasteiger partial charge is 0.497 e. The van der Waals surface area contributed by atoms with Crippen molar-refractivity contribution in [3.63, 3.8) is 0 Å². The van der Waals surface area contributed by atoms with E-state index in [9.17, 15) is 4.39 Å². The molecule has 5 heteroatoms. The van der Waals surface area contributed by atoms with Crippen LogP contribution in [0.5, 0.6) is 5.75 Å². The predicted octanol–water partition coefficient (Wildman–Crippen LogP) is 3.04. The molecule has 0 unspecified atom stereocenters. The topological polar surface area (TPSA) is 49.9 Å². The van der Waals surface area contributed by atoms with Crippen molar-refractivity contribution in [3.05, 3.63) is 59.7 Å². The van der Waals surface area contributed by atoms with Gasteiger partial charge in [0.2, 0.25) is 0 Å². The maximum Gasteiger partial charge on any atom is 0.127 e. The summed E-state index contributed by atoms with van der Waals surface area (Å²) in [4.78, 5) is 7.80. The molecule has 4 nitrogen and oxygen atoms in total. The Balaban J connectivity index is 1.56. The number of ether oxygens (including phenoxy) is 1. The number of halogens is 1. The highest BCUT2D eigenvalue weighted by Gasteiger charge is 2.04. The van der Waals surface area contributed by atoms with E-state index in [1.807, 2.05) is 24.3 Å². The van der Waals surface area contributed by atoms with E-state index in [-0.39, 0.29) is 5.82 Å². The number of H-pyrrole nitrogens is 1. The maximum absolute atomic E-state index is 13.5. The van der Waals surface area contributed by atoms with Crippen LogP contribution < -0.4 is 10.1 Å².